The maximum atomic E-state index is 12.3. The van der Waals surface area contributed by atoms with Gasteiger partial charge in [0.15, 0.2) is 12.2 Å². The lowest BCUT2D eigenvalue weighted by molar-refractivity contribution is -0.870. The number of quaternary nitrogens is 1. The van der Waals surface area contributed by atoms with E-state index in [9.17, 15) is 124 Å². The molecule has 0 bridgehead atoms. The first-order valence-corrected chi connectivity index (χ1v) is 53.8. The summed E-state index contributed by atoms with van der Waals surface area (Å²) in [6.45, 7) is -3.60. The number of hydrogen-bond acceptors (Lipinski definition) is 50. The SMILES string of the molecule is CN1CC(OS(=O)(=O)N2C[C@H](CCCB(O)O)[C@](N)(C(=O)O)C2)C1.C[N+](C)(C)CCOS(=O)(=O)N1C[C@H](CCCB(O)O)[C@](N)(C(=O)O)C1.NC[C@@H](OS(=O)(=O)N1C[C@H](CCCB(O)O)[C@](N)(C(=O)O)C1)C(=O)O.NC[C@H](OS(=O)(=O)N1C[C@H](CCCB(O)O)[C@](N)(C(=O)O)C1)C(=O)O.N[C@@H](COS(=O)(=O)N1C[C@H](CCCB(O)O)[C@](N)(C(=O)O)C1)C(=O)O.N[C@@]1(C(=O)O)CN(S(=O)(=O)OC2CNC2)C[C@@H]1CCCB(O)O.[Cl-]. The van der Waals surface area contributed by atoms with E-state index in [4.69, 9.17) is 140 Å². The fraction of sp³-hybridized carbons (Fsp3) is 0.870. The molecule has 0 aromatic rings. The van der Waals surface area contributed by atoms with Gasteiger partial charge in [0, 0.05) is 153 Å². The van der Waals surface area contributed by atoms with E-state index >= 15 is 0 Å². The molecular weight excluding hydrogens is 2140 g/mol. The molecule has 8 saturated heterocycles. The molecule has 0 radical (unpaired) electrons. The Kier molecular flexibility index (Phi) is 54.9. The molecule has 0 unspecified atom stereocenters. The van der Waals surface area contributed by atoms with Crippen LogP contribution in [0.2, 0.25) is 37.9 Å². The number of carboxylic acid groups (broad SMARTS) is 9. The summed E-state index contributed by atoms with van der Waals surface area (Å²) in [5.41, 5.74) is 40.0. The first-order valence-electron chi connectivity index (χ1n) is 45.6. The van der Waals surface area contributed by atoms with Gasteiger partial charge in [0.2, 0.25) is 0 Å². The Labute approximate surface area is 863 Å². The van der Waals surface area contributed by atoms with E-state index in [1.807, 2.05) is 33.1 Å². The standard InChI is InChI=1S/C13H28BN3O7S.C12H24BN3O7S.3C11H22BN3O9S.C11H22BN3O7S.ClH/c1-17(2,3)7-8-24-25(22,23)16-9-11(5-4-6-14(20)21)13(15,10-16)12(18)19;1-15-6-10(7-15)23-24(21,22)16-5-9(3-2-4-13(19)20)12(14,8-16)11(17)18;2*13-4-8(9(16)17)24-25(22,23)15-5-7(2-1-3-12(20)21)11(14,6-15)10(18)19;13-8(9(16)17)5-24-25(22,23)15-4-7(2-1-3-12(20)21)11(14,6-15)10(18)19;13-11(10(16)17)7-15(6-8(11)2-1-3-12(18)19)23(20,21)22-9-4-14-5-9;/h11,20-21H,4-10,15H2,1-3H3;9-10,19-20H,2-8,14H2,1H3,(H,17,18);3*7-8,20-21H,1-6,13-14H2,(H,16,17)(H,18,19);8-9,14,18-19H,1-7,13H2,(H,16,17);1H/t11-,13-;9-,12-;7-,8+,11-;2*7-,8-,11-;8-,11-;/m000000./s1. The van der Waals surface area contributed by atoms with Gasteiger partial charge >= 0.3 is 158 Å². The van der Waals surface area contributed by atoms with Gasteiger partial charge in [0.1, 0.15) is 64.6 Å². The summed E-state index contributed by atoms with van der Waals surface area (Å²) in [4.78, 5) is 103. The average Bonchev–Trinajstić information content (AvgIpc) is 1.63. The molecule has 0 aliphatic carbocycles. The first kappa shape index (κ1) is 138. The van der Waals surface area contributed by atoms with Gasteiger partial charge in [-0.25, -0.2) is 18.0 Å². The third-order valence-corrected chi connectivity index (χ3v) is 33.7. The minimum Gasteiger partial charge on any atom is -1.00 e. The second kappa shape index (κ2) is 58.8. The maximum Gasteiger partial charge on any atom is 0.451 e. The van der Waals surface area contributed by atoms with Crippen LogP contribution in [0.4, 0.5) is 0 Å². The lowest BCUT2D eigenvalue weighted by atomic mass is 9.78. The predicted molar refractivity (Wildman–Crippen MR) is 510 cm³/mol. The first-order chi connectivity index (χ1) is 67.2. The number of nitrogens with one attached hydrogen (secondary N) is 1. The van der Waals surface area contributed by atoms with E-state index in [0.29, 0.717) is 65.1 Å². The van der Waals surface area contributed by atoms with Crippen LogP contribution in [-0.4, -0.2) is 518 Å². The van der Waals surface area contributed by atoms with Crippen molar-refractivity contribution < 1.29 is 242 Å². The van der Waals surface area contributed by atoms with Gasteiger partial charge in [-0.3, -0.25) is 50.3 Å². The van der Waals surface area contributed by atoms with E-state index in [0.717, 1.165) is 17.2 Å². The van der Waals surface area contributed by atoms with Crippen molar-refractivity contribution in [3.8, 4) is 0 Å². The summed E-state index contributed by atoms with van der Waals surface area (Å²) < 4.78 is 181. The van der Waals surface area contributed by atoms with Crippen LogP contribution >= 0.6 is 0 Å². The number of halogens is 1. The molecule has 8 fully saturated rings. The number of aliphatic carboxylic acids is 9. The summed E-state index contributed by atoms with van der Waals surface area (Å²) >= 11 is 0. The number of rotatable bonds is 56. The molecule has 0 aromatic carbocycles. The van der Waals surface area contributed by atoms with Crippen LogP contribution in [0.15, 0.2) is 0 Å². The van der Waals surface area contributed by atoms with Gasteiger partial charge in [-0.05, 0) is 83.5 Å². The Morgan fingerprint density at radius 2 is 0.568 bits per heavy atom. The zero-order valence-electron chi connectivity index (χ0n) is 81.4. The molecule has 8 heterocycles. The molecule has 0 aromatic heterocycles. The molecule has 148 heavy (non-hydrogen) atoms. The molecule has 66 nitrogen and oxygen atoms in total. The highest BCUT2D eigenvalue weighted by molar-refractivity contribution is 7.85. The Bertz CT molecular complexity index is 4960. The predicted octanol–water partition coefficient (Wildman–Crippen LogP) is -20.5. The monoisotopic (exact) mass is 2280 g/mol. The second-order valence-electron chi connectivity index (χ2n) is 37.9. The highest BCUT2D eigenvalue weighted by Crippen LogP contribution is 2.40. The number of carbonyl (C=O) groups is 9. The lowest BCUT2D eigenvalue weighted by Gasteiger charge is -2.35. The van der Waals surface area contributed by atoms with Gasteiger partial charge in [0.05, 0.1) is 27.7 Å². The quantitative estimate of drug-likeness (QED) is 0.0199. The normalized spacial score (nSPS) is 26.7. The van der Waals surface area contributed by atoms with E-state index in [1.54, 1.807) is 0 Å². The minimum absolute atomic E-state index is 0. The van der Waals surface area contributed by atoms with Gasteiger partial charge in [0.25, 0.3) is 0 Å². The van der Waals surface area contributed by atoms with E-state index in [-0.39, 0.29) is 174 Å². The summed E-state index contributed by atoms with van der Waals surface area (Å²) in [7, 11) is -27.4. The molecule has 0 saturated carbocycles. The molecule has 856 valence electrons. The molecule has 15 atom stereocenters. The third kappa shape index (κ3) is 41.4. The Hall–Kier alpha value is -5.83. The highest BCUT2D eigenvalue weighted by atomic mass is 35.5. The molecule has 8 aliphatic rings. The van der Waals surface area contributed by atoms with Crippen LogP contribution in [-0.2, 0) is 130 Å². The Morgan fingerprint density at radius 3 is 0.750 bits per heavy atom. The number of likely N-dealkylation sites (N-methyl/N-ethyl adjacent to an activating group) is 2. The number of nitrogens with zero attached hydrogens (tertiary/aromatic N) is 8. The van der Waals surface area contributed by atoms with Crippen molar-refractivity contribution in [1.29, 1.82) is 0 Å². The number of likely N-dealkylation sites (tertiary alicyclic amines) is 1. The second-order valence-corrected chi connectivity index (χ2v) is 47.4. The van der Waals surface area contributed by atoms with Crippen LogP contribution in [0.5, 0.6) is 0 Å². The largest absolute Gasteiger partial charge is 1.00 e. The molecule has 0 spiro atoms. The van der Waals surface area contributed by atoms with Crippen LogP contribution in [0, 0.1) is 35.5 Å². The van der Waals surface area contributed by atoms with Crippen LogP contribution in [0.1, 0.15) is 77.0 Å². The van der Waals surface area contributed by atoms with E-state index in [1.165, 1.54) is 0 Å². The number of nitrogens with two attached hydrogens (primary N) is 9. The smallest absolute Gasteiger partial charge is 0.451 e. The Balaban J connectivity index is 0.000000599. The molecular formula is C69H141B6ClN18O48S6. The zero-order chi connectivity index (χ0) is 113. The third-order valence-electron chi connectivity index (χ3n) is 25.4. The highest BCUT2D eigenvalue weighted by Gasteiger charge is 2.60. The van der Waals surface area contributed by atoms with E-state index in [2.05, 4.69) is 17.9 Å². The lowest BCUT2D eigenvalue weighted by Crippen LogP contribution is -3.00. The van der Waals surface area contributed by atoms with Gasteiger partial charge in [-0.15, -0.1) is 0 Å². The van der Waals surface area contributed by atoms with Gasteiger partial charge in [-0.2, -0.15) is 76.3 Å². The average molecular weight is 2280 g/mol. The van der Waals surface area contributed by atoms with Gasteiger partial charge in [-0.1, -0.05) is 38.5 Å². The Morgan fingerprint density at radius 1 is 0.351 bits per heavy atom. The number of hydrogen-bond donors (Lipinski definition) is 31. The van der Waals surface area contributed by atoms with Gasteiger partial charge < -0.3 is 185 Å². The summed E-state index contributed by atoms with van der Waals surface area (Å²) in [6, 6.07) is -1.55. The van der Waals surface area contributed by atoms with Crippen LogP contribution in [0.25, 0.3) is 0 Å². The molecule has 0 amide bonds. The van der Waals surface area contributed by atoms with E-state index < -0.39 is 297 Å². The van der Waals surface area contributed by atoms with Crippen molar-refractivity contribution >= 4 is 158 Å². The van der Waals surface area contributed by atoms with Crippen molar-refractivity contribution in [3.05, 3.63) is 0 Å². The van der Waals surface area contributed by atoms with Crippen molar-refractivity contribution in [2.45, 2.75) is 179 Å². The summed E-state index contributed by atoms with van der Waals surface area (Å²) in [5, 5.41) is 192. The van der Waals surface area contributed by atoms with Crippen LogP contribution < -0.4 is 69.3 Å². The molecule has 8 rings (SSSR count). The fourth-order valence-corrected chi connectivity index (χ4v) is 23.9. The summed E-state index contributed by atoms with van der Waals surface area (Å²) in [5.74, 6) is -17.0. The minimum atomic E-state index is -4.56. The van der Waals surface area contributed by atoms with Crippen molar-refractivity contribution in [2.75, 3.05) is 166 Å². The molecule has 8 aliphatic heterocycles. The fourth-order valence-electron chi connectivity index (χ4n) is 16.3. The molecule has 79 heteroatoms. The summed E-state index contributed by atoms with van der Waals surface area (Å²) in [6.07, 6.45) is -1.45. The number of carboxylic acids is 9. The maximum absolute atomic E-state index is 12.3. The molecule has 40 N–H and O–H groups in total. The van der Waals surface area contributed by atoms with Crippen molar-refractivity contribution in [3.63, 3.8) is 0 Å². The van der Waals surface area contributed by atoms with Crippen LogP contribution in [0.3, 0.4) is 0 Å². The topological polar surface area (TPSA) is 1110 Å². The zero-order valence-corrected chi connectivity index (χ0v) is 87.1. The van der Waals surface area contributed by atoms with Crippen molar-refractivity contribution in [2.24, 2.45) is 87.1 Å². The van der Waals surface area contributed by atoms with Crippen molar-refractivity contribution in [1.82, 2.24) is 36.0 Å².